The molecule has 0 unspecified atom stereocenters. The maximum Gasteiger partial charge on any atom is 0.319 e. The fraction of sp³-hybridized carbons (Fsp3) is 0.273. The summed E-state index contributed by atoms with van der Waals surface area (Å²) in [5.74, 6) is 0.492. The van der Waals surface area contributed by atoms with Gasteiger partial charge in [-0.25, -0.2) is 4.79 Å². The highest BCUT2D eigenvalue weighted by molar-refractivity contribution is 6.07. The molecule has 1 aliphatic rings. The predicted octanol–water partition coefficient (Wildman–Crippen LogP) is 3.97. The van der Waals surface area contributed by atoms with Crippen LogP contribution >= 0.6 is 0 Å². The van der Waals surface area contributed by atoms with Gasteiger partial charge in [-0.2, -0.15) is 0 Å². The molecule has 6 nitrogen and oxygen atoms in total. The fourth-order valence-electron chi connectivity index (χ4n) is 3.24. The molecule has 3 rings (SSSR count). The van der Waals surface area contributed by atoms with Gasteiger partial charge in [0, 0.05) is 11.4 Å². The molecule has 1 aliphatic heterocycles. The minimum atomic E-state index is -0.547. The van der Waals surface area contributed by atoms with Gasteiger partial charge in [-0.15, -0.1) is 0 Å². The summed E-state index contributed by atoms with van der Waals surface area (Å²) < 4.78 is 5.48. The van der Waals surface area contributed by atoms with Gasteiger partial charge >= 0.3 is 6.03 Å². The van der Waals surface area contributed by atoms with E-state index in [1.54, 1.807) is 6.92 Å². The van der Waals surface area contributed by atoms with E-state index in [0.29, 0.717) is 17.9 Å². The molecule has 1 heterocycles. The maximum absolute atomic E-state index is 13.1. The fourth-order valence-corrected chi connectivity index (χ4v) is 3.24. The van der Waals surface area contributed by atoms with E-state index < -0.39 is 6.04 Å². The third-order valence-corrected chi connectivity index (χ3v) is 4.89. The van der Waals surface area contributed by atoms with Crippen LogP contribution in [0.5, 0.6) is 5.75 Å². The van der Waals surface area contributed by atoms with Crippen LogP contribution < -0.4 is 20.7 Å². The van der Waals surface area contributed by atoms with Crippen LogP contribution in [0.1, 0.15) is 36.6 Å². The largest absolute Gasteiger partial charge is 0.494 e. The first-order chi connectivity index (χ1) is 13.4. The van der Waals surface area contributed by atoms with Crippen molar-refractivity contribution in [1.29, 1.82) is 0 Å². The predicted molar refractivity (Wildman–Crippen MR) is 109 cm³/mol. The molecule has 1 atom stereocenters. The number of hydrogen-bond donors (Lipinski definition) is 3. The summed E-state index contributed by atoms with van der Waals surface area (Å²) in [4.78, 5) is 25.2. The van der Waals surface area contributed by atoms with Gasteiger partial charge in [0.15, 0.2) is 0 Å². The zero-order chi connectivity index (χ0) is 20.3. The normalized spacial score (nSPS) is 16.3. The van der Waals surface area contributed by atoms with E-state index in [9.17, 15) is 9.59 Å². The molecule has 2 aromatic carbocycles. The minimum Gasteiger partial charge on any atom is -0.494 e. The van der Waals surface area contributed by atoms with Crippen LogP contribution in [0.3, 0.4) is 0 Å². The Morgan fingerprint density at radius 3 is 2.50 bits per heavy atom. The number of amides is 3. The second-order valence-electron chi connectivity index (χ2n) is 6.77. The summed E-state index contributed by atoms with van der Waals surface area (Å²) in [6.45, 7) is 8.20. The lowest BCUT2D eigenvalue weighted by Crippen LogP contribution is -2.46. The molecule has 28 heavy (non-hydrogen) atoms. The first-order valence-electron chi connectivity index (χ1n) is 9.29. The average molecular weight is 379 g/mol. The summed E-state index contributed by atoms with van der Waals surface area (Å²) >= 11 is 0. The Morgan fingerprint density at radius 2 is 1.82 bits per heavy atom. The summed E-state index contributed by atoms with van der Waals surface area (Å²) in [5, 5.41) is 8.53. The molecule has 0 saturated heterocycles. The first-order valence-corrected chi connectivity index (χ1v) is 9.29. The smallest absolute Gasteiger partial charge is 0.319 e. The SMILES string of the molecule is CCOc1ccc([C@@H]2NC(=O)NC(C)=C2C(=O)Nc2cccc(C)c2C)cc1. The van der Waals surface area contributed by atoms with E-state index in [4.69, 9.17) is 4.74 Å². The van der Waals surface area contributed by atoms with Gasteiger partial charge in [0.25, 0.3) is 5.91 Å². The van der Waals surface area contributed by atoms with Crippen molar-refractivity contribution in [1.82, 2.24) is 10.6 Å². The van der Waals surface area contributed by atoms with Crippen LogP contribution in [0.25, 0.3) is 0 Å². The number of carbonyl (C=O) groups is 2. The van der Waals surface area contributed by atoms with E-state index in [2.05, 4.69) is 16.0 Å². The van der Waals surface area contributed by atoms with Crippen molar-refractivity contribution >= 4 is 17.6 Å². The standard InChI is InChI=1S/C22H25N3O3/c1-5-28-17-11-9-16(10-12-17)20-19(15(4)23-22(27)25-20)21(26)24-18-8-6-7-13(2)14(18)3/h6-12,20H,5H2,1-4H3,(H,24,26)(H2,23,25,27)/t20-/m0/s1. The minimum absolute atomic E-state index is 0.252. The molecule has 2 aromatic rings. The second kappa shape index (κ2) is 8.17. The second-order valence-corrected chi connectivity index (χ2v) is 6.77. The maximum atomic E-state index is 13.1. The van der Waals surface area contributed by atoms with Gasteiger partial charge in [0.05, 0.1) is 18.2 Å². The van der Waals surface area contributed by atoms with Crippen LogP contribution in [-0.2, 0) is 4.79 Å². The number of carbonyl (C=O) groups excluding carboxylic acids is 2. The highest BCUT2D eigenvalue weighted by Gasteiger charge is 2.31. The summed E-state index contributed by atoms with van der Waals surface area (Å²) in [5.41, 5.74) is 4.69. The lowest BCUT2D eigenvalue weighted by Gasteiger charge is -2.29. The summed E-state index contributed by atoms with van der Waals surface area (Å²) in [7, 11) is 0. The zero-order valence-electron chi connectivity index (χ0n) is 16.6. The Balaban J connectivity index is 1.93. The van der Waals surface area contributed by atoms with Gasteiger partial charge in [-0.1, -0.05) is 24.3 Å². The molecule has 0 fully saturated rings. The molecule has 0 aromatic heterocycles. The number of benzene rings is 2. The number of urea groups is 1. The molecule has 3 amide bonds. The van der Waals surface area contributed by atoms with Gasteiger partial charge in [-0.3, -0.25) is 4.79 Å². The van der Waals surface area contributed by atoms with Gasteiger partial charge < -0.3 is 20.7 Å². The van der Waals surface area contributed by atoms with Crippen LogP contribution in [0.4, 0.5) is 10.5 Å². The number of hydrogen-bond acceptors (Lipinski definition) is 3. The molecule has 0 radical (unpaired) electrons. The Hall–Kier alpha value is -3.28. The van der Waals surface area contributed by atoms with E-state index >= 15 is 0 Å². The molecule has 0 saturated carbocycles. The summed E-state index contributed by atoms with van der Waals surface area (Å²) in [6.07, 6.45) is 0. The number of rotatable bonds is 5. The molecule has 146 valence electrons. The molecular formula is C22H25N3O3. The van der Waals surface area contributed by atoms with E-state index in [1.165, 1.54) is 0 Å². The monoisotopic (exact) mass is 379 g/mol. The number of nitrogens with one attached hydrogen (secondary N) is 3. The third-order valence-electron chi connectivity index (χ3n) is 4.89. The average Bonchev–Trinajstić information content (AvgIpc) is 2.65. The number of ether oxygens (including phenoxy) is 1. The summed E-state index contributed by atoms with van der Waals surface area (Å²) in [6, 6.07) is 12.3. The third kappa shape index (κ3) is 4.01. The van der Waals surface area contributed by atoms with Crippen molar-refractivity contribution in [2.75, 3.05) is 11.9 Å². The van der Waals surface area contributed by atoms with Crippen molar-refractivity contribution in [3.63, 3.8) is 0 Å². The molecular weight excluding hydrogens is 354 g/mol. The Kier molecular flexibility index (Phi) is 5.68. The van der Waals surface area contributed by atoms with Crippen molar-refractivity contribution in [2.24, 2.45) is 0 Å². The lowest BCUT2D eigenvalue weighted by molar-refractivity contribution is -0.113. The van der Waals surface area contributed by atoms with Gasteiger partial charge in [-0.05, 0) is 62.6 Å². The zero-order valence-corrected chi connectivity index (χ0v) is 16.6. The van der Waals surface area contributed by atoms with Crippen LogP contribution in [-0.4, -0.2) is 18.5 Å². The Labute approximate surface area is 165 Å². The van der Waals surface area contributed by atoms with Crippen LogP contribution in [0, 0.1) is 13.8 Å². The molecule has 0 bridgehead atoms. The van der Waals surface area contributed by atoms with E-state index in [-0.39, 0.29) is 11.9 Å². The van der Waals surface area contributed by atoms with Crippen molar-refractivity contribution in [2.45, 2.75) is 33.7 Å². The van der Waals surface area contributed by atoms with Crippen molar-refractivity contribution in [3.8, 4) is 5.75 Å². The Bertz CT molecular complexity index is 933. The first kappa shape index (κ1) is 19.5. The molecule has 0 spiro atoms. The van der Waals surface area contributed by atoms with Crippen molar-refractivity contribution in [3.05, 3.63) is 70.4 Å². The van der Waals surface area contributed by atoms with E-state index in [1.807, 2.05) is 63.2 Å². The highest BCUT2D eigenvalue weighted by atomic mass is 16.5. The van der Waals surface area contributed by atoms with Crippen LogP contribution in [0.2, 0.25) is 0 Å². The molecule has 3 N–H and O–H groups in total. The topological polar surface area (TPSA) is 79.5 Å². The highest BCUT2D eigenvalue weighted by Crippen LogP contribution is 2.29. The number of allylic oxidation sites excluding steroid dienone is 1. The lowest BCUT2D eigenvalue weighted by atomic mass is 9.94. The van der Waals surface area contributed by atoms with Gasteiger partial charge in [0.1, 0.15) is 5.75 Å². The van der Waals surface area contributed by atoms with Crippen LogP contribution in [0.15, 0.2) is 53.7 Å². The molecule has 6 heteroatoms. The van der Waals surface area contributed by atoms with Gasteiger partial charge in [0.2, 0.25) is 0 Å². The van der Waals surface area contributed by atoms with E-state index in [0.717, 1.165) is 28.1 Å². The number of anilines is 1. The van der Waals surface area contributed by atoms with Crippen molar-refractivity contribution < 1.29 is 14.3 Å². The quantitative estimate of drug-likeness (QED) is 0.735. The Morgan fingerprint density at radius 1 is 1.11 bits per heavy atom. The number of aryl methyl sites for hydroxylation is 1. The molecule has 0 aliphatic carbocycles.